The quantitative estimate of drug-likeness (QED) is 0.831. The van der Waals surface area contributed by atoms with Crippen LogP contribution in [0.2, 0.25) is 5.02 Å². The molecule has 6 heteroatoms. The van der Waals surface area contributed by atoms with E-state index in [2.05, 4.69) is 5.32 Å². The summed E-state index contributed by atoms with van der Waals surface area (Å²) in [6.45, 7) is 0.480. The van der Waals surface area contributed by atoms with Crippen LogP contribution in [0.25, 0.3) is 0 Å². The molecule has 0 radical (unpaired) electrons. The fourth-order valence-electron chi connectivity index (χ4n) is 1.17. The molecule has 0 aliphatic rings. The van der Waals surface area contributed by atoms with Crippen molar-refractivity contribution in [1.82, 2.24) is 0 Å². The number of halogens is 2. The van der Waals surface area contributed by atoms with Crippen LogP contribution >= 0.6 is 11.6 Å². The van der Waals surface area contributed by atoms with Crippen molar-refractivity contribution in [2.75, 3.05) is 23.9 Å². The van der Waals surface area contributed by atoms with Crippen LogP contribution in [-0.2, 0) is 9.84 Å². The lowest BCUT2D eigenvalue weighted by Gasteiger charge is -2.06. The summed E-state index contributed by atoms with van der Waals surface area (Å²) in [5.41, 5.74) is 0.593. The molecular formula is C10H13ClFNO2S. The van der Waals surface area contributed by atoms with Gasteiger partial charge < -0.3 is 5.32 Å². The number of anilines is 1. The maximum Gasteiger partial charge on any atom is 0.147 e. The van der Waals surface area contributed by atoms with Crippen molar-refractivity contribution in [2.45, 2.75) is 6.42 Å². The first-order valence-electron chi connectivity index (χ1n) is 4.75. The molecule has 0 bridgehead atoms. The summed E-state index contributed by atoms with van der Waals surface area (Å²) < 4.78 is 34.7. The molecule has 0 amide bonds. The number of hydrogen-bond donors (Lipinski definition) is 1. The molecule has 1 aromatic rings. The van der Waals surface area contributed by atoms with Crippen LogP contribution in [0.15, 0.2) is 18.2 Å². The zero-order valence-corrected chi connectivity index (χ0v) is 10.4. The third-order valence-corrected chi connectivity index (χ3v) is 3.28. The normalized spacial score (nSPS) is 11.4. The predicted molar refractivity (Wildman–Crippen MR) is 64.2 cm³/mol. The number of sulfone groups is 1. The molecule has 1 aromatic carbocycles. The molecule has 0 saturated heterocycles. The molecule has 3 nitrogen and oxygen atoms in total. The summed E-state index contributed by atoms with van der Waals surface area (Å²) >= 11 is 5.52. The molecule has 0 saturated carbocycles. The summed E-state index contributed by atoms with van der Waals surface area (Å²) in [4.78, 5) is 0. The Balaban J connectivity index is 2.41. The number of rotatable bonds is 5. The van der Waals surface area contributed by atoms with Crippen molar-refractivity contribution in [1.29, 1.82) is 0 Å². The zero-order chi connectivity index (χ0) is 12.2. The van der Waals surface area contributed by atoms with Crippen molar-refractivity contribution in [3.05, 3.63) is 29.0 Å². The molecule has 0 fully saturated rings. The van der Waals surface area contributed by atoms with Gasteiger partial charge in [-0.3, -0.25) is 0 Å². The van der Waals surface area contributed by atoms with E-state index in [4.69, 9.17) is 11.6 Å². The summed E-state index contributed by atoms with van der Waals surface area (Å²) in [5.74, 6) is -0.370. The first kappa shape index (κ1) is 13.3. The molecule has 90 valence electrons. The van der Waals surface area contributed by atoms with Gasteiger partial charge in [0.2, 0.25) is 0 Å². The number of benzene rings is 1. The van der Waals surface area contributed by atoms with Gasteiger partial charge >= 0.3 is 0 Å². The first-order valence-corrected chi connectivity index (χ1v) is 7.19. The first-order chi connectivity index (χ1) is 7.38. The highest BCUT2D eigenvalue weighted by molar-refractivity contribution is 7.90. The standard InChI is InChI=1S/C10H13ClFNO2S/c1-16(14,15)6-2-5-13-8-3-4-9(11)10(12)7-8/h3-4,7,13H,2,5-6H2,1H3. The van der Waals surface area contributed by atoms with E-state index in [0.29, 0.717) is 18.7 Å². The van der Waals surface area contributed by atoms with Crippen molar-refractivity contribution in [3.63, 3.8) is 0 Å². The SMILES string of the molecule is CS(=O)(=O)CCCNc1ccc(Cl)c(F)c1. The Labute approximate surface area is 99.5 Å². The van der Waals surface area contributed by atoms with Crippen LogP contribution in [0, 0.1) is 5.82 Å². The van der Waals surface area contributed by atoms with E-state index in [0.717, 1.165) is 0 Å². The van der Waals surface area contributed by atoms with Gasteiger partial charge in [-0.05, 0) is 24.6 Å². The molecule has 16 heavy (non-hydrogen) atoms. The van der Waals surface area contributed by atoms with Gasteiger partial charge in [0.25, 0.3) is 0 Å². The molecule has 1 rings (SSSR count). The highest BCUT2D eigenvalue weighted by atomic mass is 35.5. The molecule has 0 heterocycles. The number of hydrogen-bond acceptors (Lipinski definition) is 3. The summed E-state index contributed by atoms with van der Waals surface area (Å²) in [7, 11) is -2.93. The fourth-order valence-corrected chi connectivity index (χ4v) is 1.96. The van der Waals surface area contributed by atoms with Gasteiger partial charge in [0.1, 0.15) is 15.7 Å². The lowest BCUT2D eigenvalue weighted by atomic mass is 10.3. The average Bonchev–Trinajstić information content (AvgIpc) is 2.17. The summed E-state index contributed by atoms with van der Waals surface area (Å²) in [6, 6.07) is 4.38. The molecule has 0 aliphatic carbocycles. The predicted octanol–water partition coefficient (Wildman–Crippen LogP) is 2.33. The minimum absolute atomic E-state index is 0.0710. The van der Waals surface area contributed by atoms with E-state index in [-0.39, 0.29) is 10.8 Å². The Morgan fingerprint density at radius 2 is 2.12 bits per heavy atom. The molecular weight excluding hydrogens is 253 g/mol. The Morgan fingerprint density at radius 3 is 2.69 bits per heavy atom. The second-order valence-corrected chi connectivity index (χ2v) is 6.21. The lowest BCUT2D eigenvalue weighted by molar-refractivity contribution is 0.600. The molecule has 1 N–H and O–H groups in total. The van der Waals surface area contributed by atoms with Gasteiger partial charge in [0, 0.05) is 18.5 Å². The van der Waals surface area contributed by atoms with Gasteiger partial charge in [-0.1, -0.05) is 11.6 Å². The third kappa shape index (κ3) is 4.81. The van der Waals surface area contributed by atoms with Crippen LogP contribution in [-0.4, -0.2) is 27.0 Å². The maximum atomic E-state index is 13.0. The molecule has 0 spiro atoms. The van der Waals surface area contributed by atoms with E-state index in [1.54, 1.807) is 6.07 Å². The van der Waals surface area contributed by atoms with Gasteiger partial charge in [-0.25, -0.2) is 12.8 Å². The van der Waals surface area contributed by atoms with E-state index in [1.807, 2.05) is 0 Å². The van der Waals surface area contributed by atoms with Crippen LogP contribution in [0.1, 0.15) is 6.42 Å². The monoisotopic (exact) mass is 265 g/mol. The highest BCUT2D eigenvalue weighted by Crippen LogP contribution is 2.18. The van der Waals surface area contributed by atoms with Crippen molar-refractivity contribution >= 4 is 27.1 Å². The van der Waals surface area contributed by atoms with Crippen molar-refractivity contribution < 1.29 is 12.8 Å². The molecule has 0 unspecified atom stereocenters. The van der Waals surface area contributed by atoms with Gasteiger partial charge in [0.15, 0.2) is 0 Å². The van der Waals surface area contributed by atoms with Gasteiger partial charge in [-0.2, -0.15) is 0 Å². The Kier molecular flexibility index (Phi) is 4.56. The lowest BCUT2D eigenvalue weighted by Crippen LogP contribution is -2.09. The van der Waals surface area contributed by atoms with Gasteiger partial charge in [-0.15, -0.1) is 0 Å². The number of nitrogens with one attached hydrogen (secondary N) is 1. The summed E-state index contributed by atoms with van der Waals surface area (Å²) in [5, 5.41) is 2.99. The molecule has 0 aromatic heterocycles. The Bertz CT molecular complexity index is 462. The second kappa shape index (κ2) is 5.50. The molecule has 0 atom stereocenters. The van der Waals surface area contributed by atoms with Crippen LogP contribution < -0.4 is 5.32 Å². The van der Waals surface area contributed by atoms with Crippen LogP contribution in [0.4, 0.5) is 10.1 Å². The zero-order valence-electron chi connectivity index (χ0n) is 8.83. The fraction of sp³-hybridized carbons (Fsp3) is 0.400. The van der Waals surface area contributed by atoms with Crippen molar-refractivity contribution in [3.8, 4) is 0 Å². The van der Waals surface area contributed by atoms with E-state index < -0.39 is 15.7 Å². The second-order valence-electron chi connectivity index (χ2n) is 3.54. The van der Waals surface area contributed by atoms with E-state index in [9.17, 15) is 12.8 Å². The minimum atomic E-state index is -2.93. The van der Waals surface area contributed by atoms with E-state index in [1.165, 1.54) is 18.4 Å². The topological polar surface area (TPSA) is 46.2 Å². The Morgan fingerprint density at radius 1 is 1.44 bits per heavy atom. The largest absolute Gasteiger partial charge is 0.385 e. The van der Waals surface area contributed by atoms with Crippen molar-refractivity contribution in [2.24, 2.45) is 0 Å². The van der Waals surface area contributed by atoms with E-state index >= 15 is 0 Å². The molecule has 0 aliphatic heterocycles. The smallest absolute Gasteiger partial charge is 0.147 e. The Hall–Kier alpha value is -0.810. The maximum absolute atomic E-state index is 13.0. The van der Waals surface area contributed by atoms with Crippen LogP contribution in [0.3, 0.4) is 0 Å². The highest BCUT2D eigenvalue weighted by Gasteiger charge is 2.02. The third-order valence-electron chi connectivity index (χ3n) is 1.94. The summed E-state index contributed by atoms with van der Waals surface area (Å²) in [6.07, 6.45) is 1.68. The average molecular weight is 266 g/mol. The van der Waals surface area contributed by atoms with Crippen LogP contribution in [0.5, 0.6) is 0 Å². The minimum Gasteiger partial charge on any atom is -0.385 e. The van der Waals surface area contributed by atoms with Gasteiger partial charge in [0.05, 0.1) is 10.8 Å².